The van der Waals surface area contributed by atoms with Crippen molar-refractivity contribution in [2.24, 2.45) is 10.4 Å². The molecule has 5 heteroatoms. The molecular weight excluding hydrogens is 288 g/mol. The second-order valence-electron chi connectivity index (χ2n) is 6.42. The molecule has 0 saturated heterocycles. The number of ether oxygens (including phenoxy) is 1. The van der Waals surface area contributed by atoms with Gasteiger partial charge in [-0.1, -0.05) is 12.5 Å². The fourth-order valence-electron chi connectivity index (χ4n) is 2.97. The Morgan fingerprint density at radius 2 is 2.17 bits per heavy atom. The predicted molar refractivity (Wildman–Crippen MR) is 94.6 cm³/mol. The third-order valence-electron chi connectivity index (χ3n) is 4.57. The van der Waals surface area contributed by atoms with E-state index in [0.717, 1.165) is 43.5 Å². The topological polar surface area (TPSA) is 58.5 Å². The maximum atomic E-state index is 5.26. The van der Waals surface area contributed by atoms with Gasteiger partial charge in [-0.05, 0) is 50.7 Å². The van der Waals surface area contributed by atoms with Crippen molar-refractivity contribution in [1.29, 1.82) is 0 Å². The summed E-state index contributed by atoms with van der Waals surface area (Å²) < 4.78 is 5.26. The highest BCUT2D eigenvalue weighted by molar-refractivity contribution is 5.79. The van der Waals surface area contributed by atoms with Crippen LogP contribution in [0.5, 0.6) is 0 Å². The van der Waals surface area contributed by atoms with Crippen LogP contribution in [-0.4, -0.2) is 37.7 Å². The molecule has 1 fully saturated rings. The first kappa shape index (κ1) is 17.7. The third kappa shape index (κ3) is 5.50. The van der Waals surface area contributed by atoms with Crippen LogP contribution in [0.2, 0.25) is 0 Å². The molecule has 1 saturated carbocycles. The number of hydrogen-bond donors (Lipinski definition) is 2. The zero-order valence-corrected chi connectivity index (χ0v) is 14.7. The van der Waals surface area contributed by atoms with Crippen LogP contribution in [0, 0.1) is 12.3 Å². The van der Waals surface area contributed by atoms with E-state index in [1.165, 1.54) is 19.3 Å². The van der Waals surface area contributed by atoms with Crippen molar-refractivity contribution in [3.05, 3.63) is 29.6 Å². The summed E-state index contributed by atoms with van der Waals surface area (Å²) in [6.45, 7) is 7.35. The molecule has 1 aromatic heterocycles. The van der Waals surface area contributed by atoms with E-state index < -0.39 is 0 Å². The molecule has 0 spiro atoms. The van der Waals surface area contributed by atoms with Gasteiger partial charge in [-0.15, -0.1) is 0 Å². The first-order valence-corrected chi connectivity index (χ1v) is 8.61. The molecule has 2 rings (SSSR count). The van der Waals surface area contributed by atoms with Crippen LogP contribution in [0.3, 0.4) is 0 Å². The monoisotopic (exact) mass is 318 g/mol. The molecule has 0 aromatic carbocycles. The highest BCUT2D eigenvalue weighted by Gasteiger charge is 2.36. The second-order valence-corrected chi connectivity index (χ2v) is 6.42. The zero-order valence-electron chi connectivity index (χ0n) is 14.7. The number of nitrogens with one attached hydrogen (secondary N) is 2. The van der Waals surface area contributed by atoms with Crippen molar-refractivity contribution < 1.29 is 4.74 Å². The lowest BCUT2D eigenvalue weighted by Gasteiger charge is -2.42. The fraction of sp³-hybridized carbons (Fsp3) is 0.667. The van der Waals surface area contributed by atoms with E-state index in [0.29, 0.717) is 12.0 Å². The van der Waals surface area contributed by atoms with Crippen molar-refractivity contribution in [2.45, 2.75) is 46.1 Å². The van der Waals surface area contributed by atoms with Crippen LogP contribution in [0.1, 0.15) is 44.0 Å². The smallest absolute Gasteiger partial charge is 0.191 e. The minimum absolute atomic E-state index is 0.383. The van der Waals surface area contributed by atoms with E-state index >= 15 is 0 Å². The van der Waals surface area contributed by atoms with Gasteiger partial charge in [0.15, 0.2) is 5.96 Å². The molecule has 1 aliphatic rings. The van der Waals surface area contributed by atoms with Crippen molar-refractivity contribution in [1.82, 2.24) is 15.6 Å². The highest BCUT2D eigenvalue weighted by Crippen LogP contribution is 2.43. The standard InChI is InChI=1S/C18H30N4O/c1-4-19-17(20-13-16-8-5-7-15(2)22-16)21-14-18(9-6-10-18)11-12-23-3/h5,7-8H,4,6,9-14H2,1-3H3,(H2,19,20,21). The molecule has 0 unspecified atom stereocenters. The summed E-state index contributed by atoms with van der Waals surface area (Å²) in [7, 11) is 1.78. The van der Waals surface area contributed by atoms with E-state index in [2.05, 4.69) is 27.5 Å². The second kappa shape index (κ2) is 8.87. The maximum Gasteiger partial charge on any atom is 0.191 e. The molecule has 0 bridgehead atoms. The van der Waals surface area contributed by atoms with E-state index in [-0.39, 0.29) is 0 Å². The number of pyridine rings is 1. The van der Waals surface area contributed by atoms with Crippen molar-refractivity contribution in [3.63, 3.8) is 0 Å². The Morgan fingerprint density at radius 3 is 2.78 bits per heavy atom. The van der Waals surface area contributed by atoms with Crippen LogP contribution in [0.15, 0.2) is 23.2 Å². The lowest BCUT2D eigenvalue weighted by molar-refractivity contribution is 0.0732. The molecule has 5 nitrogen and oxygen atoms in total. The highest BCUT2D eigenvalue weighted by atomic mass is 16.5. The Balaban J connectivity index is 1.91. The van der Waals surface area contributed by atoms with Crippen molar-refractivity contribution in [3.8, 4) is 0 Å². The molecule has 2 N–H and O–H groups in total. The summed E-state index contributed by atoms with van der Waals surface area (Å²) in [5, 5.41) is 6.84. The molecule has 1 aliphatic carbocycles. The minimum Gasteiger partial charge on any atom is -0.385 e. The van der Waals surface area contributed by atoms with Crippen LogP contribution in [0.4, 0.5) is 0 Å². The molecule has 1 aromatic rings. The predicted octanol–water partition coefficient (Wildman–Crippen LogP) is 2.65. The molecule has 1 heterocycles. The molecule has 0 atom stereocenters. The SMILES string of the molecule is CCNC(=NCc1cccc(C)n1)NCC1(CCOC)CCC1. The first-order valence-electron chi connectivity index (χ1n) is 8.61. The largest absolute Gasteiger partial charge is 0.385 e. The summed E-state index contributed by atoms with van der Waals surface area (Å²) in [6.07, 6.45) is 5.01. The van der Waals surface area contributed by atoms with Crippen LogP contribution in [-0.2, 0) is 11.3 Å². The summed E-state index contributed by atoms with van der Waals surface area (Å²) in [6, 6.07) is 6.06. The van der Waals surface area contributed by atoms with Gasteiger partial charge < -0.3 is 15.4 Å². The average molecular weight is 318 g/mol. The Kier molecular flexibility index (Phi) is 6.84. The lowest BCUT2D eigenvalue weighted by Crippen LogP contribution is -2.47. The van der Waals surface area contributed by atoms with E-state index in [1.54, 1.807) is 7.11 Å². The Bertz CT molecular complexity index is 511. The van der Waals surface area contributed by atoms with E-state index in [4.69, 9.17) is 4.74 Å². The number of aryl methyl sites for hydroxylation is 1. The summed E-state index contributed by atoms with van der Waals surface area (Å²) >= 11 is 0. The van der Waals surface area contributed by atoms with Crippen LogP contribution >= 0.6 is 0 Å². The molecule has 0 radical (unpaired) electrons. The normalized spacial score (nSPS) is 16.7. The van der Waals surface area contributed by atoms with Gasteiger partial charge in [0.25, 0.3) is 0 Å². The quantitative estimate of drug-likeness (QED) is 0.571. The fourth-order valence-corrected chi connectivity index (χ4v) is 2.97. The molecule has 23 heavy (non-hydrogen) atoms. The maximum absolute atomic E-state index is 5.26. The van der Waals surface area contributed by atoms with Gasteiger partial charge in [-0.2, -0.15) is 0 Å². The molecule has 0 aliphatic heterocycles. The van der Waals surface area contributed by atoms with Gasteiger partial charge in [0.2, 0.25) is 0 Å². The minimum atomic E-state index is 0.383. The lowest BCUT2D eigenvalue weighted by atomic mass is 9.67. The Labute approximate surface area is 139 Å². The summed E-state index contributed by atoms with van der Waals surface area (Å²) in [5.74, 6) is 0.875. The summed E-state index contributed by atoms with van der Waals surface area (Å²) in [4.78, 5) is 9.17. The first-order chi connectivity index (χ1) is 11.2. The molecule has 128 valence electrons. The van der Waals surface area contributed by atoms with Crippen molar-refractivity contribution >= 4 is 5.96 Å². The van der Waals surface area contributed by atoms with E-state index in [9.17, 15) is 0 Å². The van der Waals surface area contributed by atoms with Gasteiger partial charge in [0.1, 0.15) is 0 Å². The molecular formula is C18H30N4O. The average Bonchev–Trinajstić information content (AvgIpc) is 2.51. The van der Waals surface area contributed by atoms with Gasteiger partial charge in [-0.25, -0.2) is 4.99 Å². The Morgan fingerprint density at radius 1 is 1.35 bits per heavy atom. The van der Waals surface area contributed by atoms with Gasteiger partial charge in [0.05, 0.1) is 12.2 Å². The third-order valence-corrected chi connectivity index (χ3v) is 4.57. The van der Waals surface area contributed by atoms with Gasteiger partial charge in [-0.3, -0.25) is 4.98 Å². The van der Waals surface area contributed by atoms with Gasteiger partial charge >= 0.3 is 0 Å². The van der Waals surface area contributed by atoms with Crippen LogP contribution < -0.4 is 10.6 Å². The molecule has 0 amide bonds. The van der Waals surface area contributed by atoms with Gasteiger partial charge in [0, 0.05) is 32.5 Å². The number of rotatable bonds is 8. The number of hydrogen-bond acceptors (Lipinski definition) is 3. The van der Waals surface area contributed by atoms with Crippen molar-refractivity contribution in [2.75, 3.05) is 26.8 Å². The number of aliphatic imine (C=N–C) groups is 1. The van der Waals surface area contributed by atoms with Crippen LogP contribution in [0.25, 0.3) is 0 Å². The summed E-state index contributed by atoms with van der Waals surface area (Å²) in [5.41, 5.74) is 2.41. The zero-order chi connectivity index (χ0) is 16.5. The van der Waals surface area contributed by atoms with E-state index in [1.807, 2.05) is 25.1 Å². The number of methoxy groups -OCH3 is 1. The number of guanidine groups is 1. The Hall–Kier alpha value is -1.62. The number of aromatic nitrogens is 1. The number of nitrogens with zero attached hydrogens (tertiary/aromatic N) is 2.